The lowest BCUT2D eigenvalue weighted by Gasteiger charge is -2.25. The molecule has 1 fully saturated rings. The van der Waals surface area contributed by atoms with Gasteiger partial charge in [-0.25, -0.2) is 17.5 Å². The fourth-order valence-corrected chi connectivity index (χ4v) is 5.32. The summed E-state index contributed by atoms with van der Waals surface area (Å²) in [6.07, 6.45) is 1.65. The molecule has 7 nitrogen and oxygen atoms in total. The second-order valence-corrected chi connectivity index (χ2v) is 11.0. The summed E-state index contributed by atoms with van der Waals surface area (Å²) in [7, 11) is -3.81. The summed E-state index contributed by atoms with van der Waals surface area (Å²) < 4.78 is 41.1. The Bertz CT molecular complexity index is 1340. The lowest BCUT2D eigenvalue weighted by molar-refractivity contribution is 0.0978. The van der Waals surface area contributed by atoms with Gasteiger partial charge in [-0.1, -0.05) is 23.2 Å². The molecule has 1 aliphatic heterocycles. The number of likely N-dealkylation sites (tertiary alicyclic amines) is 1. The predicted octanol–water partition coefficient (Wildman–Crippen LogP) is 4.49. The normalized spacial score (nSPS) is 18.1. The molecular weight excluding hydrogens is 490 g/mol. The van der Waals surface area contributed by atoms with Gasteiger partial charge in [0.2, 0.25) is 10.0 Å². The van der Waals surface area contributed by atoms with Crippen molar-refractivity contribution in [2.45, 2.75) is 32.4 Å². The third-order valence-electron chi connectivity index (χ3n) is 5.96. The maximum absolute atomic E-state index is 14.8. The number of nitrogens with zero attached hydrogens (tertiary/aromatic N) is 3. The van der Waals surface area contributed by atoms with Gasteiger partial charge in [-0.2, -0.15) is 5.10 Å². The molecule has 1 unspecified atom stereocenters. The van der Waals surface area contributed by atoms with Gasteiger partial charge in [0.15, 0.2) is 0 Å². The van der Waals surface area contributed by atoms with E-state index in [0.29, 0.717) is 33.2 Å². The minimum Gasteiger partial charge on any atom is -0.294 e. The zero-order valence-electron chi connectivity index (χ0n) is 18.3. The molecule has 2 atom stereocenters. The third-order valence-corrected chi connectivity index (χ3v) is 6.95. The van der Waals surface area contributed by atoms with E-state index in [4.69, 9.17) is 23.2 Å². The molecule has 0 aliphatic carbocycles. The topological polar surface area (TPSA) is 84.3 Å². The van der Waals surface area contributed by atoms with Crippen LogP contribution in [0.25, 0.3) is 10.9 Å². The van der Waals surface area contributed by atoms with Crippen molar-refractivity contribution in [2.75, 3.05) is 19.3 Å². The number of hydrogen-bond donors (Lipinski definition) is 1. The monoisotopic (exact) mass is 512 g/mol. The number of fused-ring (bicyclic) bond motifs is 1. The highest BCUT2D eigenvalue weighted by molar-refractivity contribution is 7.89. The Balaban J connectivity index is 1.61. The summed E-state index contributed by atoms with van der Waals surface area (Å²) in [5, 5.41) is 6.38. The first-order chi connectivity index (χ1) is 15.4. The van der Waals surface area contributed by atoms with Crippen LogP contribution in [0.2, 0.25) is 10.0 Å². The van der Waals surface area contributed by atoms with Crippen LogP contribution in [-0.4, -0.2) is 48.4 Å². The molecule has 0 spiro atoms. The number of carbonyl (C=O) groups is 1. The molecule has 1 N–H and O–H groups in total. The van der Waals surface area contributed by atoms with Crippen LogP contribution in [-0.2, 0) is 10.0 Å². The highest BCUT2D eigenvalue weighted by atomic mass is 35.5. The summed E-state index contributed by atoms with van der Waals surface area (Å²) in [6.45, 7) is 5.37. The lowest BCUT2D eigenvalue weighted by atomic mass is 10.1. The van der Waals surface area contributed by atoms with Gasteiger partial charge in [-0.05, 0) is 50.1 Å². The second-order valence-electron chi connectivity index (χ2n) is 8.40. The SMILES string of the molecule is Cc1nn(C2CCN([C@H](C)c3cc(Cl)cc(Cl)c3)C2)c2cc(F)c(C(=O)NS(C)(=O)=O)cc12. The van der Waals surface area contributed by atoms with Gasteiger partial charge in [0.05, 0.1) is 29.1 Å². The number of carbonyl (C=O) groups excluding carboxylic acids is 1. The first-order valence-electron chi connectivity index (χ1n) is 10.3. The standard InChI is InChI=1S/C22H23Cl2FN4O3S/c1-12-18-9-19(22(30)27-33(3,31)32)20(25)10-21(18)29(26-12)17-4-5-28(11-17)13(2)14-6-15(23)8-16(24)7-14/h6-10,13,17H,4-5,11H2,1-3H3,(H,27,30)/t13-,17?/m1/s1. The first-order valence-corrected chi connectivity index (χ1v) is 13.0. The van der Waals surface area contributed by atoms with Crippen molar-refractivity contribution in [2.24, 2.45) is 0 Å². The van der Waals surface area contributed by atoms with E-state index in [1.54, 1.807) is 22.4 Å². The molecule has 1 saturated heterocycles. The van der Waals surface area contributed by atoms with E-state index >= 15 is 0 Å². The molecule has 0 bridgehead atoms. The van der Waals surface area contributed by atoms with Crippen LogP contribution >= 0.6 is 23.2 Å². The number of halogens is 3. The Hall–Kier alpha value is -2.20. The molecule has 2 heterocycles. The molecule has 11 heteroatoms. The zero-order valence-corrected chi connectivity index (χ0v) is 20.6. The number of nitrogens with one attached hydrogen (secondary N) is 1. The fourth-order valence-electron chi connectivity index (χ4n) is 4.33. The van der Waals surface area contributed by atoms with Crippen molar-refractivity contribution in [3.05, 3.63) is 63.0 Å². The van der Waals surface area contributed by atoms with Gasteiger partial charge in [0.25, 0.3) is 5.91 Å². The number of aromatic nitrogens is 2. The fraction of sp³-hybridized carbons (Fsp3) is 0.364. The molecule has 1 aliphatic rings. The van der Waals surface area contributed by atoms with Crippen LogP contribution in [0, 0.1) is 12.7 Å². The molecule has 0 saturated carbocycles. The Labute approximate surface area is 201 Å². The Morgan fingerprint density at radius 2 is 1.88 bits per heavy atom. The van der Waals surface area contributed by atoms with E-state index in [9.17, 15) is 17.6 Å². The summed E-state index contributed by atoms with van der Waals surface area (Å²) in [5.41, 5.74) is 1.87. The number of aryl methyl sites for hydroxylation is 1. The van der Waals surface area contributed by atoms with Gasteiger partial charge >= 0.3 is 0 Å². The van der Waals surface area contributed by atoms with E-state index in [1.807, 2.05) is 12.1 Å². The van der Waals surface area contributed by atoms with Crippen molar-refractivity contribution in [1.29, 1.82) is 0 Å². The van der Waals surface area contributed by atoms with Crippen molar-refractivity contribution in [3.8, 4) is 0 Å². The van der Waals surface area contributed by atoms with Crippen molar-refractivity contribution in [3.63, 3.8) is 0 Å². The highest BCUT2D eigenvalue weighted by Crippen LogP contribution is 2.34. The van der Waals surface area contributed by atoms with Gasteiger partial charge in [0.1, 0.15) is 5.82 Å². The van der Waals surface area contributed by atoms with E-state index < -0.39 is 21.7 Å². The minimum absolute atomic E-state index is 0.00778. The third kappa shape index (κ3) is 5.01. The van der Waals surface area contributed by atoms with Crippen LogP contribution in [0.15, 0.2) is 30.3 Å². The van der Waals surface area contributed by atoms with Crippen LogP contribution in [0.5, 0.6) is 0 Å². The van der Waals surface area contributed by atoms with Crippen LogP contribution in [0.4, 0.5) is 4.39 Å². The van der Waals surface area contributed by atoms with Crippen molar-refractivity contribution in [1.82, 2.24) is 19.4 Å². The van der Waals surface area contributed by atoms with Crippen molar-refractivity contribution < 1.29 is 17.6 Å². The Morgan fingerprint density at radius 3 is 2.52 bits per heavy atom. The largest absolute Gasteiger partial charge is 0.294 e. The maximum Gasteiger partial charge on any atom is 0.267 e. The number of hydrogen-bond acceptors (Lipinski definition) is 5. The molecule has 4 rings (SSSR count). The summed E-state index contributed by atoms with van der Waals surface area (Å²) in [4.78, 5) is 14.5. The number of benzene rings is 2. The van der Waals surface area contributed by atoms with Crippen LogP contribution < -0.4 is 4.72 Å². The van der Waals surface area contributed by atoms with Crippen molar-refractivity contribution >= 4 is 50.0 Å². The maximum atomic E-state index is 14.8. The van der Waals surface area contributed by atoms with E-state index in [0.717, 1.165) is 24.8 Å². The van der Waals surface area contributed by atoms with E-state index in [2.05, 4.69) is 16.9 Å². The molecule has 3 aromatic rings. The van der Waals surface area contributed by atoms with Gasteiger partial charge in [-0.15, -0.1) is 0 Å². The molecular formula is C22H23Cl2FN4O3S. The van der Waals surface area contributed by atoms with E-state index in [1.165, 1.54) is 12.1 Å². The Morgan fingerprint density at radius 1 is 1.21 bits per heavy atom. The van der Waals surface area contributed by atoms with Crippen LogP contribution in [0.1, 0.15) is 47.0 Å². The average molecular weight is 513 g/mol. The second kappa shape index (κ2) is 8.87. The van der Waals surface area contributed by atoms with E-state index in [-0.39, 0.29) is 17.6 Å². The molecule has 1 aromatic heterocycles. The smallest absolute Gasteiger partial charge is 0.267 e. The number of sulfonamides is 1. The zero-order chi connectivity index (χ0) is 24.1. The van der Waals surface area contributed by atoms with Gasteiger partial charge in [-0.3, -0.25) is 14.4 Å². The molecule has 0 radical (unpaired) electrons. The number of amides is 1. The predicted molar refractivity (Wildman–Crippen MR) is 127 cm³/mol. The molecule has 2 aromatic carbocycles. The van der Waals surface area contributed by atoms with Gasteiger partial charge < -0.3 is 0 Å². The minimum atomic E-state index is -3.81. The average Bonchev–Trinajstić information content (AvgIpc) is 3.29. The first kappa shape index (κ1) is 23.9. The van der Waals surface area contributed by atoms with Gasteiger partial charge in [0, 0.05) is 40.6 Å². The Kier molecular flexibility index (Phi) is 6.43. The van der Waals surface area contributed by atoms with Crippen LogP contribution in [0.3, 0.4) is 0 Å². The molecule has 176 valence electrons. The molecule has 1 amide bonds. The lowest BCUT2D eigenvalue weighted by Crippen LogP contribution is -2.30. The summed E-state index contributed by atoms with van der Waals surface area (Å²) in [5.74, 6) is -1.81. The number of rotatable bonds is 5. The summed E-state index contributed by atoms with van der Waals surface area (Å²) in [6, 6.07) is 8.19. The molecule has 33 heavy (non-hydrogen) atoms. The quantitative estimate of drug-likeness (QED) is 0.544. The highest BCUT2D eigenvalue weighted by Gasteiger charge is 2.30. The summed E-state index contributed by atoms with van der Waals surface area (Å²) >= 11 is 12.3.